The molecule has 14 heteroatoms. The van der Waals surface area contributed by atoms with Crippen molar-refractivity contribution in [3.8, 4) is 23.0 Å². The predicted molar refractivity (Wildman–Crippen MR) is 109 cm³/mol. The van der Waals surface area contributed by atoms with Crippen molar-refractivity contribution in [3.05, 3.63) is 48.5 Å². The van der Waals surface area contributed by atoms with Crippen molar-refractivity contribution in [2.75, 3.05) is 26.4 Å². The number of hydrogen-bond acceptors (Lipinski definition) is 8. The van der Waals surface area contributed by atoms with E-state index in [1.54, 1.807) is 48.5 Å². The highest BCUT2D eigenvalue weighted by Crippen LogP contribution is 2.40. The summed E-state index contributed by atoms with van der Waals surface area (Å²) in [5.41, 5.74) is 0. The maximum atomic E-state index is 11.4. The van der Waals surface area contributed by atoms with E-state index in [1.807, 2.05) is 0 Å². The Bertz CT molecular complexity index is 854. The van der Waals surface area contributed by atoms with E-state index in [9.17, 15) is 28.7 Å². The van der Waals surface area contributed by atoms with Gasteiger partial charge in [-0.3, -0.25) is 9.05 Å². The van der Waals surface area contributed by atoms with Gasteiger partial charge in [0.25, 0.3) is 0 Å². The molecule has 0 fully saturated rings. The highest BCUT2D eigenvalue weighted by molar-refractivity contribution is 7.46. The molecule has 0 unspecified atom stereocenters. The van der Waals surface area contributed by atoms with Crippen LogP contribution >= 0.6 is 15.6 Å². The van der Waals surface area contributed by atoms with E-state index in [1.165, 1.54) is 0 Å². The molecule has 2 aromatic carbocycles. The minimum atomic E-state index is -4.84. The Labute approximate surface area is 183 Å². The molecule has 1 aliphatic rings. The summed E-state index contributed by atoms with van der Waals surface area (Å²) >= 11 is 0. The van der Waals surface area contributed by atoms with Crippen molar-refractivity contribution in [3.63, 3.8) is 0 Å². The fourth-order valence-electron chi connectivity index (χ4n) is 2.71. The number of phosphoric ester groups is 2. The maximum Gasteiger partial charge on any atom is 0.470 e. The minimum Gasteiger partial charge on any atom is -0.487 e. The quantitative estimate of drug-likeness (QED) is 0.458. The van der Waals surface area contributed by atoms with Gasteiger partial charge in [0, 0.05) is 0 Å². The molecule has 2 aromatic rings. The molecule has 176 valence electrons. The molecule has 0 aromatic heterocycles. The summed E-state index contributed by atoms with van der Waals surface area (Å²) in [6.07, 6.45) is -2.30. The minimum absolute atomic E-state index is 0.208. The molecule has 4 N–H and O–H groups in total. The lowest BCUT2D eigenvalue weighted by atomic mass is 10.3. The lowest BCUT2D eigenvalue weighted by Crippen LogP contribution is -2.30. The highest BCUT2D eigenvalue weighted by Gasteiger charge is 2.27. The monoisotopic (exact) mass is 492 g/mol. The average Bonchev–Trinajstić information content (AvgIpc) is 2.71. The van der Waals surface area contributed by atoms with Crippen LogP contribution in [0.2, 0.25) is 0 Å². The number of rotatable bonds is 4. The van der Waals surface area contributed by atoms with Crippen molar-refractivity contribution >= 4 is 15.6 Å². The van der Waals surface area contributed by atoms with Gasteiger partial charge < -0.3 is 38.5 Å². The number of para-hydroxylation sites is 4. The van der Waals surface area contributed by atoms with E-state index < -0.39 is 27.9 Å². The fourth-order valence-corrected chi connectivity index (χ4v) is 3.73. The lowest BCUT2D eigenvalue weighted by molar-refractivity contribution is 0.0387. The Morgan fingerprint density at radius 1 is 0.594 bits per heavy atom. The molecule has 12 nitrogen and oxygen atoms in total. The standard InChI is InChI=1S/C18H22O12P2/c19-31(20,21)29-13-9-25-15-5-1-2-6-16(15)26-10-14(30-32(22,23)24)12-28-18-8-4-3-7-17(18)27-11-13/h1-8,13-14H,9-12H2,(H2,19,20,21)(H2,22,23,24). The van der Waals surface area contributed by atoms with E-state index in [0.29, 0.717) is 0 Å². The molecular weight excluding hydrogens is 470 g/mol. The van der Waals surface area contributed by atoms with Crippen LogP contribution in [0.15, 0.2) is 48.5 Å². The van der Waals surface area contributed by atoms with Gasteiger partial charge in [-0.2, -0.15) is 0 Å². The molecule has 0 spiro atoms. The summed E-state index contributed by atoms with van der Waals surface area (Å²) in [6, 6.07) is 12.7. The van der Waals surface area contributed by atoms with Gasteiger partial charge in [0.1, 0.15) is 38.6 Å². The van der Waals surface area contributed by atoms with Gasteiger partial charge in [-0.15, -0.1) is 0 Å². The largest absolute Gasteiger partial charge is 0.487 e. The molecule has 3 rings (SSSR count). The van der Waals surface area contributed by atoms with Gasteiger partial charge in [-0.05, 0) is 24.3 Å². The van der Waals surface area contributed by atoms with Crippen LogP contribution in [0.25, 0.3) is 0 Å². The van der Waals surface area contributed by atoms with Gasteiger partial charge in [-0.25, -0.2) is 9.13 Å². The van der Waals surface area contributed by atoms with Gasteiger partial charge in [0.2, 0.25) is 0 Å². The van der Waals surface area contributed by atoms with Crippen LogP contribution in [-0.2, 0) is 18.2 Å². The third-order valence-electron chi connectivity index (χ3n) is 3.97. The Balaban J connectivity index is 1.88. The van der Waals surface area contributed by atoms with E-state index in [2.05, 4.69) is 0 Å². The summed E-state index contributed by atoms with van der Waals surface area (Å²) < 4.78 is 54.7. The molecule has 0 atom stereocenters. The normalized spacial score (nSPS) is 20.2. The number of benzene rings is 2. The number of fused-ring (bicyclic) bond motifs is 2. The molecule has 0 saturated heterocycles. The predicted octanol–water partition coefficient (Wildman–Crippen LogP) is 1.87. The zero-order valence-corrected chi connectivity index (χ0v) is 18.3. The molecule has 0 amide bonds. The van der Waals surface area contributed by atoms with Crippen molar-refractivity contribution < 1.29 is 56.7 Å². The van der Waals surface area contributed by atoms with Crippen molar-refractivity contribution in [1.29, 1.82) is 0 Å². The SMILES string of the molecule is O=P(O)(O)OC1COc2ccccc2OCC(OP(=O)(O)O)COc2ccccc2OC1. The molecule has 0 radical (unpaired) electrons. The first kappa shape index (κ1) is 24.5. The van der Waals surface area contributed by atoms with Gasteiger partial charge in [0.15, 0.2) is 23.0 Å². The van der Waals surface area contributed by atoms with E-state index in [0.717, 1.165) is 0 Å². The van der Waals surface area contributed by atoms with Crippen LogP contribution in [0, 0.1) is 0 Å². The Hall–Kier alpha value is -2.14. The van der Waals surface area contributed by atoms with Crippen molar-refractivity contribution in [2.45, 2.75) is 12.2 Å². The zero-order chi connectivity index (χ0) is 23.2. The first-order chi connectivity index (χ1) is 15.1. The van der Waals surface area contributed by atoms with Crippen LogP contribution in [0.5, 0.6) is 23.0 Å². The van der Waals surface area contributed by atoms with E-state index in [-0.39, 0.29) is 49.4 Å². The third kappa shape index (κ3) is 8.09. The molecule has 1 heterocycles. The van der Waals surface area contributed by atoms with Crippen LogP contribution in [0.3, 0.4) is 0 Å². The smallest absolute Gasteiger partial charge is 0.470 e. The Kier molecular flexibility index (Phi) is 8.16. The van der Waals surface area contributed by atoms with Crippen LogP contribution in [-0.4, -0.2) is 58.2 Å². The van der Waals surface area contributed by atoms with Gasteiger partial charge in [-0.1, -0.05) is 24.3 Å². The fraction of sp³-hybridized carbons (Fsp3) is 0.333. The lowest BCUT2D eigenvalue weighted by Gasteiger charge is -2.24. The summed E-state index contributed by atoms with van der Waals surface area (Å²) in [7, 11) is -9.68. The Morgan fingerprint density at radius 2 is 0.844 bits per heavy atom. The van der Waals surface area contributed by atoms with Crippen LogP contribution < -0.4 is 18.9 Å². The van der Waals surface area contributed by atoms with Gasteiger partial charge >= 0.3 is 15.6 Å². The van der Waals surface area contributed by atoms with Crippen LogP contribution in [0.1, 0.15) is 0 Å². The molecule has 0 saturated carbocycles. The first-order valence-electron chi connectivity index (χ1n) is 9.26. The molecule has 1 aliphatic heterocycles. The third-order valence-corrected chi connectivity index (χ3v) is 5.12. The number of hydrogen-bond donors (Lipinski definition) is 4. The highest BCUT2D eigenvalue weighted by atomic mass is 31.2. The van der Waals surface area contributed by atoms with E-state index in [4.69, 9.17) is 28.0 Å². The molecule has 0 aliphatic carbocycles. The van der Waals surface area contributed by atoms with Crippen molar-refractivity contribution in [2.24, 2.45) is 0 Å². The average molecular weight is 492 g/mol. The summed E-state index contributed by atoms with van der Waals surface area (Å²) in [5, 5.41) is 0. The Morgan fingerprint density at radius 3 is 1.06 bits per heavy atom. The second-order valence-electron chi connectivity index (χ2n) is 6.57. The molecular formula is C18H22O12P2. The van der Waals surface area contributed by atoms with E-state index >= 15 is 0 Å². The summed E-state index contributed by atoms with van der Waals surface area (Å²) in [4.78, 5) is 36.8. The number of ether oxygens (including phenoxy) is 4. The zero-order valence-electron chi connectivity index (χ0n) is 16.6. The second-order valence-corrected chi connectivity index (χ2v) is 8.96. The topological polar surface area (TPSA) is 170 Å². The van der Waals surface area contributed by atoms with Gasteiger partial charge in [0.05, 0.1) is 0 Å². The van der Waals surface area contributed by atoms with Crippen LogP contribution in [0.4, 0.5) is 0 Å². The molecule has 0 bridgehead atoms. The number of phosphoric acid groups is 2. The maximum absolute atomic E-state index is 11.4. The molecule has 32 heavy (non-hydrogen) atoms. The summed E-state index contributed by atoms with van der Waals surface area (Å²) in [5.74, 6) is 0.834. The second kappa shape index (κ2) is 10.7. The summed E-state index contributed by atoms with van der Waals surface area (Å²) in [6.45, 7) is -1.18. The first-order valence-corrected chi connectivity index (χ1v) is 12.3. The van der Waals surface area contributed by atoms with Crippen molar-refractivity contribution in [1.82, 2.24) is 0 Å².